The Labute approximate surface area is 188 Å². The zero-order valence-electron chi connectivity index (χ0n) is 16.9. The molecule has 0 fully saturated rings. The molecule has 0 unspecified atom stereocenters. The lowest BCUT2D eigenvalue weighted by Crippen LogP contribution is -2.08. The minimum atomic E-state index is -0.405. The molecule has 0 aliphatic rings. The molecular weight excluding hydrogens is 416 g/mol. The molecule has 0 spiro atoms. The number of hydrogen-bond acceptors (Lipinski definition) is 5. The van der Waals surface area contributed by atoms with Crippen LogP contribution in [0.2, 0.25) is 0 Å². The molecule has 0 radical (unpaired) electrons. The predicted molar refractivity (Wildman–Crippen MR) is 128 cm³/mol. The van der Waals surface area contributed by atoms with Crippen LogP contribution in [0.4, 0.5) is 0 Å². The number of aromatic nitrogens is 1. The number of rotatable bonds is 4. The number of para-hydroxylation sites is 1. The van der Waals surface area contributed by atoms with Gasteiger partial charge in [0.05, 0.1) is 21.4 Å². The molecule has 0 atom stereocenters. The minimum Gasteiger partial charge on any atom is -0.423 e. The van der Waals surface area contributed by atoms with E-state index in [1.165, 1.54) is 11.3 Å². The first kappa shape index (κ1) is 19.7. The lowest BCUT2D eigenvalue weighted by molar-refractivity contribution is 0.0737. The van der Waals surface area contributed by atoms with Crippen molar-refractivity contribution >= 4 is 49.9 Å². The van der Waals surface area contributed by atoms with Crippen LogP contribution >= 0.6 is 11.3 Å². The highest BCUT2D eigenvalue weighted by Crippen LogP contribution is 2.28. The number of nitriles is 1. The third-order valence-electron chi connectivity index (χ3n) is 5.06. The van der Waals surface area contributed by atoms with Crippen LogP contribution in [0.1, 0.15) is 20.9 Å². The van der Waals surface area contributed by atoms with Crippen molar-refractivity contribution in [1.29, 1.82) is 5.26 Å². The maximum Gasteiger partial charge on any atom is 0.344 e. The van der Waals surface area contributed by atoms with E-state index >= 15 is 0 Å². The van der Waals surface area contributed by atoms with Gasteiger partial charge in [-0.15, -0.1) is 11.3 Å². The topological polar surface area (TPSA) is 63.0 Å². The van der Waals surface area contributed by atoms with Crippen LogP contribution in [0.15, 0.2) is 91.0 Å². The molecule has 4 nitrogen and oxygen atoms in total. The van der Waals surface area contributed by atoms with Gasteiger partial charge in [-0.1, -0.05) is 60.7 Å². The van der Waals surface area contributed by atoms with E-state index in [2.05, 4.69) is 11.1 Å². The van der Waals surface area contributed by atoms with Gasteiger partial charge in [-0.3, -0.25) is 0 Å². The van der Waals surface area contributed by atoms with Crippen LogP contribution < -0.4 is 4.74 Å². The van der Waals surface area contributed by atoms with Gasteiger partial charge in [-0.2, -0.15) is 5.26 Å². The van der Waals surface area contributed by atoms with Crippen molar-refractivity contribution in [1.82, 2.24) is 4.98 Å². The van der Waals surface area contributed by atoms with Crippen LogP contribution in [-0.2, 0) is 0 Å². The molecule has 32 heavy (non-hydrogen) atoms. The van der Waals surface area contributed by atoms with Crippen molar-refractivity contribution in [2.75, 3.05) is 0 Å². The van der Waals surface area contributed by atoms with Gasteiger partial charge in [0, 0.05) is 0 Å². The molecule has 0 saturated carbocycles. The Morgan fingerprint density at radius 2 is 1.66 bits per heavy atom. The number of fused-ring (bicyclic) bond motifs is 2. The highest BCUT2D eigenvalue weighted by atomic mass is 32.1. The molecule has 1 heterocycles. The zero-order valence-corrected chi connectivity index (χ0v) is 17.7. The highest BCUT2D eigenvalue weighted by Gasteiger charge is 2.13. The van der Waals surface area contributed by atoms with E-state index in [9.17, 15) is 10.1 Å². The van der Waals surface area contributed by atoms with Crippen molar-refractivity contribution in [2.45, 2.75) is 0 Å². The fraction of sp³-hybridized carbons (Fsp3) is 0. The predicted octanol–water partition coefficient (Wildman–Crippen LogP) is 6.73. The van der Waals surface area contributed by atoms with Gasteiger partial charge in [0.25, 0.3) is 0 Å². The number of ether oxygens (including phenoxy) is 1. The largest absolute Gasteiger partial charge is 0.423 e. The third-order valence-corrected chi connectivity index (χ3v) is 6.13. The Bertz CT molecular complexity index is 1490. The summed E-state index contributed by atoms with van der Waals surface area (Å²) in [5.41, 5.74) is 2.72. The number of esters is 1. The average molecular weight is 433 g/mol. The van der Waals surface area contributed by atoms with Crippen molar-refractivity contribution in [2.24, 2.45) is 0 Å². The quantitative estimate of drug-likeness (QED) is 0.179. The molecule has 0 bridgehead atoms. The van der Waals surface area contributed by atoms with Gasteiger partial charge >= 0.3 is 5.97 Å². The summed E-state index contributed by atoms with van der Waals surface area (Å²) < 4.78 is 6.63. The first-order chi connectivity index (χ1) is 15.7. The molecule has 152 valence electrons. The highest BCUT2D eigenvalue weighted by molar-refractivity contribution is 7.19. The van der Waals surface area contributed by atoms with E-state index in [0.717, 1.165) is 26.6 Å². The van der Waals surface area contributed by atoms with E-state index < -0.39 is 5.97 Å². The summed E-state index contributed by atoms with van der Waals surface area (Å²) in [6.45, 7) is 0. The normalized spacial score (nSPS) is 11.4. The molecule has 1 aromatic heterocycles. The smallest absolute Gasteiger partial charge is 0.344 e. The second-order valence-electron chi connectivity index (χ2n) is 7.14. The maximum absolute atomic E-state index is 12.7. The second-order valence-corrected chi connectivity index (χ2v) is 8.17. The molecule has 0 saturated heterocycles. The first-order valence-corrected chi connectivity index (χ1v) is 10.8. The summed E-state index contributed by atoms with van der Waals surface area (Å²) in [6.07, 6.45) is 1.79. The lowest BCUT2D eigenvalue weighted by atomic mass is 10.0. The number of thiazole rings is 1. The summed E-state index contributed by atoms with van der Waals surface area (Å²) in [7, 11) is 0. The number of allylic oxidation sites excluding steroid dienone is 1. The Balaban J connectivity index is 1.37. The van der Waals surface area contributed by atoms with Gasteiger partial charge in [0.1, 0.15) is 16.8 Å². The number of benzene rings is 4. The van der Waals surface area contributed by atoms with E-state index in [0.29, 0.717) is 21.9 Å². The van der Waals surface area contributed by atoms with E-state index in [1.807, 2.05) is 72.8 Å². The zero-order chi connectivity index (χ0) is 21.9. The number of nitrogens with zero attached hydrogens (tertiary/aromatic N) is 2. The van der Waals surface area contributed by atoms with Crippen molar-refractivity contribution in [3.63, 3.8) is 0 Å². The van der Waals surface area contributed by atoms with Gasteiger partial charge in [-0.25, -0.2) is 9.78 Å². The fourth-order valence-corrected chi connectivity index (χ4v) is 4.43. The van der Waals surface area contributed by atoms with Crippen LogP contribution in [0.25, 0.3) is 32.6 Å². The molecule has 4 aromatic carbocycles. The van der Waals surface area contributed by atoms with Crippen LogP contribution in [0, 0.1) is 11.3 Å². The Morgan fingerprint density at radius 1 is 0.906 bits per heavy atom. The first-order valence-electron chi connectivity index (χ1n) is 9.99. The third kappa shape index (κ3) is 3.87. The summed E-state index contributed by atoms with van der Waals surface area (Å²) in [4.78, 5) is 17.3. The Hall–Kier alpha value is -4.27. The van der Waals surface area contributed by atoms with Gasteiger partial charge in [0.15, 0.2) is 0 Å². The molecule has 5 rings (SSSR count). The molecule has 0 aliphatic heterocycles. The molecular formula is C27H16N2O2S. The van der Waals surface area contributed by atoms with Gasteiger partial charge < -0.3 is 4.74 Å². The lowest BCUT2D eigenvalue weighted by Gasteiger charge is -2.07. The van der Waals surface area contributed by atoms with E-state index in [1.54, 1.807) is 24.3 Å². The fourth-order valence-electron chi connectivity index (χ4n) is 3.49. The molecule has 0 amide bonds. The number of carbonyl (C=O) groups is 1. The molecule has 0 aliphatic carbocycles. The standard InChI is InChI=1S/C27H16N2O2S/c28-17-20(26-29-24-10-3-4-11-25(24)32-26)16-18-12-14-21(15-13-18)31-27(30)23-9-5-7-19-6-1-2-8-22(19)23/h1-16H. The maximum atomic E-state index is 12.7. The molecule has 5 heteroatoms. The minimum absolute atomic E-state index is 0.405. The Kier molecular flexibility index (Phi) is 5.20. The Morgan fingerprint density at radius 3 is 2.47 bits per heavy atom. The van der Waals surface area contributed by atoms with E-state index in [-0.39, 0.29) is 0 Å². The summed E-state index contributed by atoms with van der Waals surface area (Å²) in [5, 5.41) is 12.2. The van der Waals surface area contributed by atoms with Crippen LogP contribution in [0.3, 0.4) is 0 Å². The number of hydrogen-bond donors (Lipinski definition) is 0. The van der Waals surface area contributed by atoms with Crippen LogP contribution in [0.5, 0.6) is 5.75 Å². The SMILES string of the molecule is N#CC(=Cc1ccc(OC(=O)c2cccc3ccccc23)cc1)c1nc2ccccc2s1. The van der Waals surface area contributed by atoms with Crippen molar-refractivity contribution in [3.05, 3.63) is 107 Å². The summed E-state index contributed by atoms with van der Waals surface area (Å²) in [6, 6.07) is 30.4. The van der Waals surface area contributed by atoms with Crippen molar-refractivity contribution < 1.29 is 9.53 Å². The number of carbonyl (C=O) groups excluding carboxylic acids is 1. The monoisotopic (exact) mass is 432 g/mol. The van der Waals surface area contributed by atoms with Crippen LogP contribution in [-0.4, -0.2) is 11.0 Å². The summed E-state index contributed by atoms with van der Waals surface area (Å²) >= 11 is 1.49. The summed E-state index contributed by atoms with van der Waals surface area (Å²) in [5.74, 6) is 0.0378. The van der Waals surface area contributed by atoms with E-state index in [4.69, 9.17) is 4.74 Å². The molecule has 0 N–H and O–H groups in total. The van der Waals surface area contributed by atoms with Gasteiger partial charge in [0.2, 0.25) is 0 Å². The van der Waals surface area contributed by atoms with Crippen molar-refractivity contribution in [3.8, 4) is 11.8 Å². The molecule has 5 aromatic rings. The average Bonchev–Trinajstić information content (AvgIpc) is 3.27. The second kappa shape index (κ2) is 8.46. The van der Waals surface area contributed by atoms with Gasteiger partial charge in [-0.05, 0) is 52.7 Å².